The third-order valence-corrected chi connectivity index (χ3v) is 3.53. The van der Waals surface area contributed by atoms with Gasteiger partial charge in [0.1, 0.15) is 11.3 Å². The first kappa shape index (κ1) is 11.6. The van der Waals surface area contributed by atoms with Crippen molar-refractivity contribution in [1.29, 1.82) is 0 Å². The molecule has 1 aromatic heterocycles. The van der Waals surface area contributed by atoms with Gasteiger partial charge in [-0.1, -0.05) is 21.1 Å². The molecule has 1 aromatic rings. The van der Waals surface area contributed by atoms with Gasteiger partial charge in [-0.05, 0) is 25.7 Å². The van der Waals surface area contributed by atoms with Crippen molar-refractivity contribution in [3.05, 3.63) is 17.5 Å². The molecule has 1 unspecified atom stereocenters. The quantitative estimate of drug-likeness (QED) is 0.801. The third-order valence-electron chi connectivity index (χ3n) is 3.07. The number of rotatable bonds is 3. The van der Waals surface area contributed by atoms with Crippen molar-refractivity contribution in [2.75, 3.05) is 18.4 Å². The molecular formula is C11H15BrN2O2. The lowest BCUT2D eigenvalue weighted by atomic mass is 10.1. The summed E-state index contributed by atoms with van der Waals surface area (Å²) in [6.45, 7) is 3.47. The first-order valence-electron chi connectivity index (χ1n) is 5.49. The van der Waals surface area contributed by atoms with E-state index in [1.165, 1.54) is 6.20 Å². The second-order valence-corrected chi connectivity index (χ2v) is 4.97. The second kappa shape index (κ2) is 4.99. The van der Waals surface area contributed by atoms with Gasteiger partial charge in [-0.3, -0.25) is 4.79 Å². The Balaban J connectivity index is 2.00. The number of likely N-dealkylation sites (tertiary alicyclic amines) is 1. The lowest BCUT2D eigenvalue weighted by Gasteiger charge is -2.15. The lowest BCUT2D eigenvalue weighted by molar-refractivity contribution is 0.0785. The zero-order valence-electron chi connectivity index (χ0n) is 9.28. The van der Waals surface area contributed by atoms with E-state index < -0.39 is 0 Å². The maximum Gasteiger partial charge on any atom is 0.259 e. The number of aromatic nitrogens is 1. The van der Waals surface area contributed by atoms with E-state index in [1.807, 2.05) is 4.90 Å². The zero-order chi connectivity index (χ0) is 11.5. The highest BCUT2D eigenvalue weighted by molar-refractivity contribution is 9.09. The Kier molecular flexibility index (Phi) is 3.63. The molecule has 0 bridgehead atoms. The van der Waals surface area contributed by atoms with Crippen molar-refractivity contribution in [3.8, 4) is 0 Å². The van der Waals surface area contributed by atoms with Gasteiger partial charge in [-0.25, -0.2) is 0 Å². The molecule has 1 amide bonds. The van der Waals surface area contributed by atoms with E-state index in [2.05, 4.69) is 21.1 Å². The number of amides is 1. The molecule has 88 valence electrons. The standard InChI is InChI=1S/C11H15BrN2O2/c1-8-10(6-13-16-8)11(15)14-5-3-9(7-14)2-4-12/h6,9H,2-5,7H2,1H3. The molecule has 1 aliphatic heterocycles. The molecule has 2 rings (SSSR count). The van der Waals surface area contributed by atoms with E-state index in [4.69, 9.17) is 4.52 Å². The maximum atomic E-state index is 12.1. The molecule has 0 radical (unpaired) electrons. The fourth-order valence-corrected chi connectivity index (χ4v) is 2.73. The van der Waals surface area contributed by atoms with E-state index in [0.29, 0.717) is 17.2 Å². The van der Waals surface area contributed by atoms with Crippen LogP contribution in [-0.2, 0) is 0 Å². The molecule has 2 heterocycles. The van der Waals surface area contributed by atoms with Crippen LogP contribution in [0.2, 0.25) is 0 Å². The van der Waals surface area contributed by atoms with Gasteiger partial charge in [0.15, 0.2) is 0 Å². The van der Waals surface area contributed by atoms with Gasteiger partial charge in [0.2, 0.25) is 0 Å². The molecule has 5 heteroatoms. The van der Waals surface area contributed by atoms with E-state index in [0.717, 1.165) is 31.3 Å². The Hall–Kier alpha value is -0.840. The highest BCUT2D eigenvalue weighted by atomic mass is 79.9. The summed E-state index contributed by atoms with van der Waals surface area (Å²) in [5, 5.41) is 4.65. The minimum atomic E-state index is 0.0517. The first-order valence-corrected chi connectivity index (χ1v) is 6.61. The maximum absolute atomic E-state index is 12.1. The van der Waals surface area contributed by atoms with Crippen LogP contribution in [0.1, 0.15) is 29.0 Å². The van der Waals surface area contributed by atoms with E-state index >= 15 is 0 Å². The predicted molar refractivity (Wildman–Crippen MR) is 63.7 cm³/mol. The largest absolute Gasteiger partial charge is 0.361 e. The van der Waals surface area contributed by atoms with Crippen LogP contribution in [0.4, 0.5) is 0 Å². The summed E-state index contributed by atoms with van der Waals surface area (Å²) in [5.41, 5.74) is 0.597. The van der Waals surface area contributed by atoms with Crippen molar-refractivity contribution in [2.45, 2.75) is 19.8 Å². The van der Waals surface area contributed by atoms with Crippen molar-refractivity contribution in [1.82, 2.24) is 10.1 Å². The molecule has 0 aromatic carbocycles. The Labute approximate surface area is 103 Å². The van der Waals surface area contributed by atoms with Crippen LogP contribution in [0.25, 0.3) is 0 Å². The number of halogens is 1. The molecule has 16 heavy (non-hydrogen) atoms. The average Bonchev–Trinajstić information content (AvgIpc) is 2.87. The summed E-state index contributed by atoms with van der Waals surface area (Å²) >= 11 is 3.44. The smallest absolute Gasteiger partial charge is 0.259 e. The summed E-state index contributed by atoms with van der Waals surface area (Å²) in [4.78, 5) is 14.0. The van der Waals surface area contributed by atoms with Gasteiger partial charge >= 0.3 is 0 Å². The van der Waals surface area contributed by atoms with Gasteiger partial charge < -0.3 is 9.42 Å². The minimum absolute atomic E-state index is 0.0517. The summed E-state index contributed by atoms with van der Waals surface area (Å²) in [7, 11) is 0. The fourth-order valence-electron chi connectivity index (χ4n) is 2.08. The van der Waals surface area contributed by atoms with Crippen LogP contribution in [0.5, 0.6) is 0 Å². The lowest BCUT2D eigenvalue weighted by Crippen LogP contribution is -2.28. The predicted octanol–water partition coefficient (Wildman–Crippen LogP) is 2.23. The average molecular weight is 287 g/mol. The first-order chi connectivity index (χ1) is 7.72. The number of hydrogen-bond acceptors (Lipinski definition) is 3. The second-order valence-electron chi connectivity index (χ2n) is 4.18. The van der Waals surface area contributed by atoms with Crippen LogP contribution in [0, 0.1) is 12.8 Å². The van der Waals surface area contributed by atoms with Gasteiger partial charge in [0.05, 0.1) is 6.20 Å². The van der Waals surface area contributed by atoms with Crippen molar-refractivity contribution in [2.24, 2.45) is 5.92 Å². The molecule has 0 N–H and O–H groups in total. The summed E-state index contributed by atoms with van der Waals surface area (Å²) in [6, 6.07) is 0. The fraction of sp³-hybridized carbons (Fsp3) is 0.636. The highest BCUT2D eigenvalue weighted by Gasteiger charge is 2.28. The normalized spacial score (nSPS) is 20.4. The summed E-state index contributed by atoms with van der Waals surface area (Å²) in [6.07, 6.45) is 3.74. The number of aryl methyl sites for hydroxylation is 1. The molecular weight excluding hydrogens is 272 g/mol. The van der Waals surface area contributed by atoms with Crippen LogP contribution >= 0.6 is 15.9 Å². The summed E-state index contributed by atoms with van der Waals surface area (Å²) in [5.74, 6) is 1.29. The Morgan fingerprint density at radius 3 is 3.19 bits per heavy atom. The van der Waals surface area contributed by atoms with Crippen LogP contribution in [0.3, 0.4) is 0 Å². The Morgan fingerprint density at radius 1 is 1.75 bits per heavy atom. The van der Waals surface area contributed by atoms with Crippen LogP contribution < -0.4 is 0 Å². The minimum Gasteiger partial charge on any atom is -0.361 e. The van der Waals surface area contributed by atoms with E-state index in [-0.39, 0.29) is 5.91 Å². The third kappa shape index (κ3) is 2.29. The van der Waals surface area contributed by atoms with E-state index in [1.54, 1.807) is 6.92 Å². The molecule has 4 nitrogen and oxygen atoms in total. The molecule has 0 spiro atoms. The van der Waals surface area contributed by atoms with Gasteiger partial charge in [0, 0.05) is 18.4 Å². The monoisotopic (exact) mass is 286 g/mol. The number of carbonyl (C=O) groups is 1. The van der Waals surface area contributed by atoms with E-state index in [9.17, 15) is 4.79 Å². The molecule has 1 atom stereocenters. The number of nitrogens with zero attached hydrogens (tertiary/aromatic N) is 2. The SMILES string of the molecule is Cc1oncc1C(=O)N1CCC(CCBr)C1. The van der Waals surface area contributed by atoms with Crippen molar-refractivity contribution < 1.29 is 9.32 Å². The number of carbonyl (C=O) groups excluding carboxylic acids is 1. The van der Waals surface area contributed by atoms with Crippen molar-refractivity contribution in [3.63, 3.8) is 0 Å². The van der Waals surface area contributed by atoms with Gasteiger partial charge in [-0.15, -0.1) is 0 Å². The molecule has 0 aliphatic carbocycles. The molecule has 1 fully saturated rings. The number of alkyl halides is 1. The summed E-state index contributed by atoms with van der Waals surface area (Å²) < 4.78 is 4.91. The Morgan fingerprint density at radius 2 is 2.56 bits per heavy atom. The van der Waals surface area contributed by atoms with Gasteiger partial charge in [-0.2, -0.15) is 0 Å². The zero-order valence-corrected chi connectivity index (χ0v) is 10.9. The molecule has 0 saturated carbocycles. The van der Waals surface area contributed by atoms with Crippen LogP contribution in [-0.4, -0.2) is 34.4 Å². The Bertz CT molecular complexity index is 378. The van der Waals surface area contributed by atoms with Crippen LogP contribution in [0.15, 0.2) is 10.7 Å². The number of hydrogen-bond donors (Lipinski definition) is 0. The van der Waals surface area contributed by atoms with Crippen molar-refractivity contribution >= 4 is 21.8 Å². The topological polar surface area (TPSA) is 46.3 Å². The molecule has 1 aliphatic rings. The molecule has 1 saturated heterocycles. The highest BCUT2D eigenvalue weighted by Crippen LogP contribution is 2.22. The van der Waals surface area contributed by atoms with Gasteiger partial charge in [0.25, 0.3) is 5.91 Å².